The third kappa shape index (κ3) is 11.3. The molecule has 0 radical (unpaired) electrons. The monoisotopic (exact) mass is 436 g/mol. The summed E-state index contributed by atoms with van der Waals surface area (Å²) in [5.74, 6) is -1.29. The molecule has 1 atom stereocenters. The van der Waals surface area contributed by atoms with Crippen LogP contribution in [0.1, 0.15) is 121 Å². The molecule has 0 amide bonds. The highest BCUT2D eigenvalue weighted by atomic mass is 17.7. The smallest absolute Gasteiger partial charge is 0.266 e. The van der Waals surface area contributed by atoms with Gasteiger partial charge in [0, 0.05) is 16.5 Å². The molecular weight excluding hydrogens is 396 g/mol. The van der Waals surface area contributed by atoms with E-state index in [9.17, 15) is 9.59 Å². The van der Waals surface area contributed by atoms with E-state index in [1.165, 1.54) is 0 Å². The van der Waals surface area contributed by atoms with E-state index in [-0.39, 0.29) is 12.3 Å². The molecule has 0 bridgehead atoms. The average Bonchev–Trinajstić information content (AvgIpc) is 2.76. The van der Waals surface area contributed by atoms with Crippen molar-refractivity contribution in [2.75, 3.05) is 0 Å². The van der Waals surface area contributed by atoms with Crippen molar-refractivity contribution in [1.29, 1.82) is 0 Å². The lowest BCUT2D eigenvalue weighted by atomic mass is 9.86. The lowest BCUT2D eigenvalue weighted by molar-refractivity contribution is -0.600. The Labute approximate surface area is 187 Å². The first-order valence-electron chi connectivity index (χ1n) is 11.8. The van der Waals surface area contributed by atoms with Crippen molar-refractivity contribution in [2.24, 2.45) is 0 Å². The predicted octanol–water partition coefficient (Wildman–Crippen LogP) is 7.09. The molecule has 1 aromatic carbocycles. The number of benzene rings is 1. The Kier molecular flexibility index (Phi) is 14.6. The van der Waals surface area contributed by atoms with Crippen molar-refractivity contribution < 1.29 is 29.4 Å². The van der Waals surface area contributed by atoms with Gasteiger partial charge in [-0.15, -0.1) is 0 Å². The van der Waals surface area contributed by atoms with Gasteiger partial charge in [-0.2, -0.15) is 0 Å². The molecule has 0 aliphatic heterocycles. The summed E-state index contributed by atoms with van der Waals surface area (Å²) in [5, 5.41) is 8.81. The molecule has 0 saturated heterocycles. The van der Waals surface area contributed by atoms with E-state index in [0.29, 0.717) is 6.42 Å². The minimum Gasteiger partial charge on any atom is -0.266 e. The molecule has 1 unspecified atom stereocenters. The fraction of sp³-hybridized carbons (Fsp3) is 0.680. The fourth-order valence-electron chi connectivity index (χ4n) is 3.60. The molecule has 1 aromatic rings. The summed E-state index contributed by atoms with van der Waals surface area (Å²) in [4.78, 5) is 33.7. The average molecular weight is 437 g/mol. The van der Waals surface area contributed by atoms with E-state index in [1.807, 2.05) is 24.3 Å². The van der Waals surface area contributed by atoms with Crippen molar-refractivity contribution in [1.82, 2.24) is 0 Å². The molecule has 0 fully saturated rings. The summed E-state index contributed by atoms with van der Waals surface area (Å²) < 4.78 is 0. The second-order valence-electron chi connectivity index (χ2n) is 8.34. The highest BCUT2D eigenvalue weighted by molar-refractivity contribution is 5.78. The second-order valence-corrected chi connectivity index (χ2v) is 8.34. The Morgan fingerprint density at radius 2 is 1.35 bits per heavy atom. The van der Waals surface area contributed by atoms with Crippen LogP contribution in [-0.2, 0) is 29.4 Å². The quantitative estimate of drug-likeness (QED) is 0.147. The molecule has 0 N–H and O–H groups in total. The summed E-state index contributed by atoms with van der Waals surface area (Å²) in [6, 6.07) is 7.89. The van der Waals surface area contributed by atoms with Crippen LogP contribution < -0.4 is 0 Å². The van der Waals surface area contributed by atoms with E-state index < -0.39 is 17.9 Å². The summed E-state index contributed by atoms with van der Waals surface area (Å²) in [5.41, 5.74) is 2.04. The van der Waals surface area contributed by atoms with Gasteiger partial charge in [0.15, 0.2) is 0 Å². The molecule has 176 valence electrons. The summed E-state index contributed by atoms with van der Waals surface area (Å²) in [6.07, 6.45) is 10.2. The molecule has 0 aliphatic rings. The highest BCUT2D eigenvalue weighted by Gasteiger charge is 2.26. The molecule has 0 aliphatic carbocycles. The summed E-state index contributed by atoms with van der Waals surface area (Å²) in [6.45, 7) is 8.48. The van der Waals surface area contributed by atoms with Gasteiger partial charge in [-0.3, -0.25) is 9.78 Å². The number of unbranched alkanes of at least 4 members (excludes halogenated alkanes) is 7. The van der Waals surface area contributed by atoms with E-state index in [2.05, 4.69) is 42.7 Å². The minimum atomic E-state index is -0.555. The number of carbonyl (C=O) groups excluding carboxylic acids is 2. The van der Waals surface area contributed by atoms with Crippen molar-refractivity contribution in [2.45, 2.75) is 110 Å². The van der Waals surface area contributed by atoms with Crippen LogP contribution in [0.15, 0.2) is 24.3 Å². The first-order chi connectivity index (χ1) is 15.0. The summed E-state index contributed by atoms with van der Waals surface area (Å²) >= 11 is 0. The van der Waals surface area contributed by atoms with Crippen LogP contribution in [0.5, 0.6) is 0 Å². The Hall–Kier alpha value is -1.92. The predicted molar refractivity (Wildman–Crippen MR) is 120 cm³/mol. The molecule has 6 heteroatoms. The van der Waals surface area contributed by atoms with E-state index in [0.717, 1.165) is 68.9 Å². The third-order valence-electron chi connectivity index (χ3n) is 5.38. The standard InChI is InChI=1S/C25H40O6/c1-5-7-9-11-13-19-24(26)28-30-31-29-25(27)23(18-12-10-8-6-2)22-17-15-14-16-21(22)20(3)4/h14-17,20,23H,5-13,18-19H2,1-4H3. The van der Waals surface area contributed by atoms with Gasteiger partial charge in [0.25, 0.3) is 0 Å². The lowest BCUT2D eigenvalue weighted by Crippen LogP contribution is -2.19. The lowest BCUT2D eigenvalue weighted by Gasteiger charge is -2.20. The largest absolute Gasteiger partial charge is 0.353 e. The Bertz CT molecular complexity index is 628. The molecule has 0 heterocycles. The van der Waals surface area contributed by atoms with Gasteiger partial charge in [0.05, 0.1) is 5.92 Å². The van der Waals surface area contributed by atoms with Crippen LogP contribution in [0.4, 0.5) is 0 Å². The van der Waals surface area contributed by atoms with Crippen LogP contribution in [0.2, 0.25) is 0 Å². The van der Waals surface area contributed by atoms with Gasteiger partial charge < -0.3 is 0 Å². The van der Waals surface area contributed by atoms with Gasteiger partial charge in [0.2, 0.25) is 0 Å². The zero-order valence-electron chi connectivity index (χ0n) is 19.7. The van der Waals surface area contributed by atoms with Crippen LogP contribution in [-0.4, -0.2) is 11.9 Å². The van der Waals surface area contributed by atoms with Crippen LogP contribution in [0, 0.1) is 0 Å². The van der Waals surface area contributed by atoms with E-state index in [1.54, 1.807) is 0 Å². The Morgan fingerprint density at radius 1 is 0.774 bits per heavy atom. The number of hydrogen-bond acceptors (Lipinski definition) is 6. The van der Waals surface area contributed by atoms with E-state index in [4.69, 9.17) is 4.89 Å². The SMILES string of the molecule is CCCCCCCC(=O)OOOOC(=O)C(CCCCCC)c1ccccc1C(C)C. The van der Waals surface area contributed by atoms with Gasteiger partial charge in [-0.05, 0) is 29.9 Å². The molecule has 1 rings (SSSR count). The Balaban J connectivity index is 2.54. The summed E-state index contributed by atoms with van der Waals surface area (Å²) in [7, 11) is 0. The van der Waals surface area contributed by atoms with Crippen LogP contribution >= 0.6 is 0 Å². The first-order valence-corrected chi connectivity index (χ1v) is 11.8. The zero-order chi connectivity index (χ0) is 22.9. The molecule has 6 nitrogen and oxygen atoms in total. The van der Waals surface area contributed by atoms with Crippen molar-refractivity contribution >= 4 is 11.9 Å². The maximum absolute atomic E-state index is 12.7. The number of carbonyl (C=O) groups is 2. The van der Waals surface area contributed by atoms with Gasteiger partial charge >= 0.3 is 11.9 Å². The fourth-order valence-corrected chi connectivity index (χ4v) is 3.60. The normalized spacial score (nSPS) is 12.0. The molecule has 0 spiro atoms. The minimum absolute atomic E-state index is 0.239. The second kappa shape index (κ2) is 16.7. The van der Waals surface area contributed by atoms with Gasteiger partial charge in [-0.25, -0.2) is 9.59 Å². The first kappa shape index (κ1) is 27.1. The van der Waals surface area contributed by atoms with Crippen molar-refractivity contribution in [3.8, 4) is 0 Å². The maximum Gasteiger partial charge on any atom is 0.353 e. The van der Waals surface area contributed by atoms with Gasteiger partial charge in [0.1, 0.15) is 0 Å². The van der Waals surface area contributed by atoms with Crippen molar-refractivity contribution in [3.63, 3.8) is 0 Å². The third-order valence-corrected chi connectivity index (χ3v) is 5.38. The number of hydrogen-bond donors (Lipinski definition) is 0. The van der Waals surface area contributed by atoms with Crippen LogP contribution in [0.3, 0.4) is 0 Å². The van der Waals surface area contributed by atoms with Crippen molar-refractivity contribution in [3.05, 3.63) is 35.4 Å². The Morgan fingerprint density at radius 3 is 2.00 bits per heavy atom. The van der Waals surface area contributed by atoms with Gasteiger partial charge in [-0.1, -0.05) is 103 Å². The van der Waals surface area contributed by atoms with Crippen LogP contribution in [0.25, 0.3) is 0 Å². The topological polar surface area (TPSA) is 71.1 Å². The maximum atomic E-state index is 12.7. The molecular formula is C25H40O6. The molecule has 0 saturated carbocycles. The highest BCUT2D eigenvalue weighted by Crippen LogP contribution is 2.31. The number of rotatable bonds is 17. The molecule has 0 aromatic heterocycles. The zero-order valence-corrected chi connectivity index (χ0v) is 19.7. The molecule has 31 heavy (non-hydrogen) atoms. The van der Waals surface area contributed by atoms with E-state index >= 15 is 0 Å².